The van der Waals surface area contributed by atoms with E-state index in [1.807, 2.05) is 18.2 Å². The maximum absolute atomic E-state index is 11.8. The van der Waals surface area contributed by atoms with E-state index in [0.717, 1.165) is 21.9 Å². The predicted octanol–water partition coefficient (Wildman–Crippen LogP) is 2.67. The van der Waals surface area contributed by atoms with Crippen LogP contribution in [0.4, 0.5) is 5.69 Å². The zero-order chi connectivity index (χ0) is 16.3. The van der Waals surface area contributed by atoms with Crippen LogP contribution in [0.3, 0.4) is 0 Å². The van der Waals surface area contributed by atoms with E-state index in [1.165, 1.54) is 6.26 Å². The Bertz CT molecular complexity index is 625. The fourth-order valence-electron chi connectivity index (χ4n) is 1.65. The maximum atomic E-state index is 11.8. The van der Waals surface area contributed by atoms with Crippen molar-refractivity contribution in [2.24, 2.45) is 5.73 Å². The van der Waals surface area contributed by atoms with Crippen LogP contribution in [0.25, 0.3) is 0 Å². The molecule has 0 aliphatic carbocycles. The minimum absolute atomic E-state index is 0.293. The molecule has 0 saturated heterocycles. The Kier molecular flexibility index (Phi) is 6.07. The highest BCUT2D eigenvalue weighted by molar-refractivity contribution is 7.99. The molecule has 0 aromatic heterocycles. The van der Waals surface area contributed by atoms with E-state index in [1.54, 1.807) is 25.6 Å². The molecular formula is C14H22N2O2S3. The minimum atomic E-state index is -3.16. The summed E-state index contributed by atoms with van der Waals surface area (Å²) in [6.07, 6.45) is 1.24. The Morgan fingerprint density at radius 2 is 2.05 bits per heavy atom. The van der Waals surface area contributed by atoms with Gasteiger partial charge < -0.3 is 11.1 Å². The van der Waals surface area contributed by atoms with Crippen LogP contribution in [0, 0.1) is 0 Å². The van der Waals surface area contributed by atoms with Gasteiger partial charge in [0.1, 0.15) is 4.99 Å². The average molecular weight is 347 g/mol. The monoisotopic (exact) mass is 346 g/mol. The van der Waals surface area contributed by atoms with E-state index in [-0.39, 0.29) is 0 Å². The molecule has 1 rings (SSSR count). The molecule has 0 spiro atoms. The number of nitrogens with one attached hydrogen (secondary N) is 1. The van der Waals surface area contributed by atoms with E-state index >= 15 is 0 Å². The second kappa shape index (κ2) is 6.98. The van der Waals surface area contributed by atoms with Crippen molar-refractivity contribution in [3.63, 3.8) is 0 Å². The van der Waals surface area contributed by atoms with Crippen LogP contribution in [0.1, 0.15) is 26.3 Å². The summed E-state index contributed by atoms with van der Waals surface area (Å²) in [4.78, 5) is 1.32. The van der Waals surface area contributed by atoms with Gasteiger partial charge in [-0.3, -0.25) is 0 Å². The summed E-state index contributed by atoms with van der Waals surface area (Å²) in [6, 6.07) is 5.75. The van der Waals surface area contributed by atoms with E-state index in [0.29, 0.717) is 11.5 Å². The standard InChI is InChI=1S/C14H22N2O2S3/c1-5-20-11-8-6-7-10(12(11)13(15)19)16-9-14(2,3)21(4,17)18/h6-8,16H,5,9H2,1-4H3,(H2,15,19). The molecule has 0 fully saturated rings. The van der Waals surface area contributed by atoms with Gasteiger partial charge in [0.05, 0.1) is 4.75 Å². The van der Waals surface area contributed by atoms with Crippen molar-refractivity contribution < 1.29 is 8.42 Å². The fraction of sp³-hybridized carbons (Fsp3) is 0.500. The van der Waals surface area contributed by atoms with Crippen molar-refractivity contribution in [2.45, 2.75) is 30.4 Å². The Morgan fingerprint density at radius 1 is 1.43 bits per heavy atom. The Balaban J connectivity index is 3.09. The van der Waals surface area contributed by atoms with Gasteiger partial charge >= 0.3 is 0 Å². The first-order valence-electron chi connectivity index (χ1n) is 6.59. The van der Waals surface area contributed by atoms with Gasteiger partial charge in [-0.1, -0.05) is 25.2 Å². The quantitative estimate of drug-likeness (QED) is 0.584. The normalized spacial score (nSPS) is 12.2. The molecule has 7 heteroatoms. The van der Waals surface area contributed by atoms with Gasteiger partial charge in [0.2, 0.25) is 0 Å². The van der Waals surface area contributed by atoms with Gasteiger partial charge in [-0.2, -0.15) is 0 Å². The molecule has 1 aromatic rings. The Labute approximate surface area is 136 Å². The molecule has 0 aliphatic rings. The first kappa shape index (κ1) is 18.3. The van der Waals surface area contributed by atoms with Crippen molar-refractivity contribution in [3.8, 4) is 0 Å². The molecule has 1 aromatic carbocycles. The SMILES string of the molecule is CCSc1cccc(NCC(C)(C)S(C)(=O)=O)c1C(N)=S. The lowest BCUT2D eigenvalue weighted by Gasteiger charge is -2.24. The number of thiocarbonyl (C=S) groups is 1. The van der Waals surface area contributed by atoms with Crippen LogP contribution in [0.2, 0.25) is 0 Å². The molecule has 118 valence electrons. The number of sulfone groups is 1. The highest BCUT2D eigenvalue weighted by atomic mass is 32.2. The molecule has 0 unspecified atom stereocenters. The summed E-state index contributed by atoms with van der Waals surface area (Å²) in [7, 11) is -3.16. The van der Waals surface area contributed by atoms with E-state index in [4.69, 9.17) is 18.0 Å². The summed E-state index contributed by atoms with van der Waals surface area (Å²) < 4.78 is 22.7. The molecular weight excluding hydrogens is 324 g/mol. The third-order valence-corrected chi connectivity index (χ3v) is 6.58. The average Bonchev–Trinajstić information content (AvgIpc) is 2.35. The number of nitrogens with two attached hydrogens (primary N) is 1. The van der Waals surface area contributed by atoms with Crippen molar-refractivity contribution in [3.05, 3.63) is 23.8 Å². The lowest BCUT2D eigenvalue weighted by atomic mass is 10.1. The van der Waals surface area contributed by atoms with Crippen molar-refractivity contribution >= 4 is 44.5 Å². The van der Waals surface area contributed by atoms with Gasteiger partial charge in [0.25, 0.3) is 0 Å². The number of anilines is 1. The second-order valence-corrected chi connectivity index (χ2v) is 9.76. The summed E-state index contributed by atoms with van der Waals surface area (Å²) in [5.74, 6) is 0.911. The number of hydrogen-bond donors (Lipinski definition) is 2. The molecule has 0 heterocycles. The molecule has 0 aliphatic heterocycles. The zero-order valence-electron chi connectivity index (χ0n) is 12.8. The molecule has 0 atom stereocenters. The van der Waals surface area contributed by atoms with Crippen LogP contribution >= 0.6 is 24.0 Å². The van der Waals surface area contributed by atoms with Gasteiger partial charge in [0.15, 0.2) is 9.84 Å². The number of benzene rings is 1. The molecule has 3 N–H and O–H groups in total. The molecule has 0 radical (unpaired) electrons. The summed E-state index contributed by atoms with van der Waals surface area (Å²) in [6.45, 7) is 5.74. The smallest absolute Gasteiger partial charge is 0.154 e. The maximum Gasteiger partial charge on any atom is 0.154 e. The van der Waals surface area contributed by atoms with E-state index in [2.05, 4.69) is 12.2 Å². The van der Waals surface area contributed by atoms with Crippen LogP contribution < -0.4 is 11.1 Å². The first-order valence-corrected chi connectivity index (χ1v) is 9.87. The first-order chi connectivity index (χ1) is 9.60. The van der Waals surface area contributed by atoms with Gasteiger partial charge in [-0.25, -0.2) is 8.42 Å². The van der Waals surface area contributed by atoms with Crippen LogP contribution in [0.5, 0.6) is 0 Å². The van der Waals surface area contributed by atoms with Crippen molar-refractivity contribution in [2.75, 3.05) is 23.9 Å². The Morgan fingerprint density at radius 3 is 2.52 bits per heavy atom. The Hall–Kier alpha value is -0.790. The highest BCUT2D eigenvalue weighted by Crippen LogP contribution is 2.29. The highest BCUT2D eigenvalue weighted by Gasteiger charge is 2.30. The fourth-order valence-corrected chi connectivity index (χ4v) is 3.12. The van der Waals surface area contributed by atoms with E-state index < -0.39 is 14.6 Å². The lowest BCUT2D eigenvalue weighted by Crippen LogP contribution is -2.38. The van der Waals surface area contributed by atoms with Crippen LogP contribution in [0.15, 0.2) is 23.1 Å². The third-order valence-electron chi connectivity index (χ3n) is 3.28. The minimum Gasteiger partial charge on any atom is -0.389 e. The molecule has 0 bridgehead atoms. The van der Waals surface area contributed by atoms with Gasteiger partial charge in [-0.15, -0.1) is 11.8 Å². The molecule has 4 nitrogen and oxygen atoms in total. The third kappa shape index (κ3) is 4.59. The lowest BCUT2D eigenvalue weighted by molar-refractivity contribution is 0.560. The largest absolute Gasteiger partial charge is 0.389 e. The number of rotatable bonds is 7. The van der Waals surface area contributed by atoms with Crippen LogP contribution in [-0.4, -0.2) is 36.7 Å². The van der Waals surface area contributed by atoms with Gasteiger partial charge in [-0.05, 0) is 31.7 Å². The van der Waals surface area contributed by atoms with Crippen molar-refractivity contribution in [1.29, 1.82) is 0 Å². The zero-order valence-corrected chi connectivity index (χ0v) is 15.2. The summed E-state index contributed by atoms with van der Waals surface area (Å²) in [5.41, 5.74) is 7.39. The molecule has 0 amide bonds. The summed E-state index contributed by atoms with van der Waals surface area (Å²) >= 11 is 6.80. The van der Waals surface area contributed by atoms with Crippen molar-refractivity contribution in [1.82, 2.24) is 0 Å². The van der Waals surface area contributed by atoms with E-state index in [9.17, 15) is 8.42 Å². The van der Waals surface area contributed by atoms with Crippen LogP contribution in [-0.2, 0) is 9.84 Å². The predicted molar refractivity (Wildman–Crippen MR) is 96.1 cm³/mol. The second-order valence-electron chi connectivity index (χ2n) is 5.36. The topological polar surface area (TPSA) is 72.2 Å². The molecule has 0 saturated carbocycles. The number of hydrogen-bond acceptors (Lipinski definition) is 5. The number of thioether (sulfide) groups is 1. The molecule has 21 heavy (non-hydrogen) atoms. The van der Waals surface area contributed by atoms with Gasteiger partial charge in [0, 0.05) is 28.9 Å². The summed E-state index contributed by atoms with van der Waals surface area (Å²) in [5, 5.41) is 3.18.